The lowest BCUT2D eigenvalue weighted by molar-refractivity contribution is -0.138. The van der Waals surface area contributed by atoms with Crippen molar-refractivity contribution in [1.82, 2.24) is 4.90 Å². The highest BCUT2D eigenvalue weighted by atomic mass is 35.5. The van der Waals surface area contributed by atoms with Gasteiger partial charge in [0.25, 0.3) is 5.91 Å². The van der Waals surface area contributed by atoms with E-state index in [0.717, 1.165) is 43.8 Å². The predicted octanol–water partition coefficient (Wildman–Crippen LogP) is 5.05. The first-order chi connectivity index (χ1) is 13.6. The minimum atomic E-state index is -4.83. The van der Waals surface area contributed by atoms with Crippen molar-refractivity contribution in [3.05, 3.63) is 59.4 Å². The molecule has 2 aromatic carbocycles. The van der Waals surface area contributed by atoms with Gasteiger partial charge in [0.05, 0.1) is 11.1 Å². The Labute approximate surface area is 179 Å². The molecule has 164 valence electrons. The van der Waals surface area contributed by atoms with Gasteiger partial charge in [0.15, 0.2) is 0 Å². The molecule has 1 fully saturated rings. The molecule has 0 saturated carbocycles. The van der Waals surface area contributed by atoms with Crippen molar-refractivity contribution in [2.75, 3.05) is 37.4 Å². The van der Waals surface area contributed by atoms with E-state index in [2.05, 4.69) is 22.2 Å². The maximum absolute atomic E-state index is 13.3. The van der Waals surface area contributed by atoms with Crippen molar-refractivity contribution in [2.45, 2.75) is 25.1 Å². The summed E-state index contributed by atoms with van der Waals surface area (Å²) in [5.41, 5.74) is -0.667. The molecule has 0 bridgehead atoms. The van der Waals surface area contributed by atoms with Crippen LogP contribution in [0.15, 0.2) is 42.5 Å². The molecule has 1 aliphatic rings. The Morgan fingerprint density at radius 3 is 2.43 bits per heavy atom. The second-order valence-electron chi connectivity index (χ2n) is 7.34. The Bertz CT molecular complexity index is 883. The SMILES string of the molecule is CN1CCC(N(C)c2cccc(NC(=O)c3ccc(F)cc3C(F)(F)F)c2)CC1.Cl. The van der Waals surface area contributed by atoms with Gasteiger partial charge in [-0.25, -0.2) is 4.39 Å². The number of benzene rings is 2. The summed E-state index contributed by atoms with van der Waals surface area (Å²) in [7, 11) is 4.05. The number of amides is 1. The van der Waals surface area contributed by atoms with E-state index in [1.165, 1.54) is 0 Å². The van der Waals surface area contributed by atoms with Crippen LogP contribution in [-0.4, -0.2) is 44.0 Å². The van der Waals surface area contributed by atoms with E-state index < -0.39 is 29.0 Å². The number of piperidine rings is 1. The van der Waals surface area contributed by atoms with Crippen molar-refractivity contribution in [3.8, 4) is 0 Å². The van der Waals surface area contributed by atoms with Gasteiger partial charge in [0, 0.05) is 24.5 Å². The Balaban J connectivity index is 0.00000320. The summed E-state index contributed by atoms with van der Waals surface area (Å²) in [6.07, 6.45) is -2.81. The molecule has 0 spiro atoms. The van der Waals surface area contributed by atoms with Crippen molar-refractivity contribution in [3.63, 3.8) is 0 Å². The zero-order valence-corrected chi connectivity index (χ0v) is 17.5. The van der Waals surface area contributed by atoms with E-state index in [-0.39, 0.29) is 12.4 Å². The lowest BCUT2D eigenvalue weighted by atomic mass is 10.0. The van der Waals surface area contributed by atoms with Crippen molar-refractivity contribution < 1.29 is 22.4 Å². The van der Waals surface area contributed by atoms with Gasteiger partial charge in [-0.15, -0.1) is 12.4 Å². The topological polar surface area (TPSA) is 35.6 Å². The maximum Gasteiger partial charge on any atom is 0.417 e. The molecule has 1 N–H and O–H groups in total. The third-order valence-corrected chi connectivity index (χ3v) is 5.28. The first-order valence-electron chi connectivity index (χ1n) is 9.34. The van der Waals surface area contributed by atoms with Crippen LogP contribution in [-0.2, 0) is 6.18 Å². The Morgan fingerprint density at radius 2 is 1.80 bits per heavy atom. The molecular formula is C21H24ClF4N3O. The van der Waals surface area contributed by atoms with Gasteiger partial charge in [-0.2, -0.15) is 13.2 Å². The van der Waals surface area contributed by atoms with Crippen molar-refractivity contribution in [1.29, 1.82) is 0 Å². The maximum atomic E-state index is 13.3. The van der Waals surface area contributed by atoms with Crippen LogP contribution in [0.5, 0.6) is 0 Å². The average molecular weight is 446 g/mol. The van der Waals surface area contributed by atoms with Crippen LogP contribution in [0.25, 0.3) is 0 Å². The second kappa shape index (κ2) is 9.66. The number of nitrogens with zero attached hydrogens (tertiary/aromatic N) is 2. The third-order valence-electron chi connectivity index (χ3n) is 5.28. The number of hydrogen-bond acceptors (Lipinski definition) is 3. The molecule has 9 heteroatoms. The number of nitrogens with one attached hydrogen (secondary N) is 1. The van der Waals surface area contributed by atoms with Gasteiger partial charge in [-0.1, -0.05) is 6.07 Å². The highest BCUT2D eigenvalue weighted by Crippen LogP contribution is 2.33. The monoisotopic (exact) mass is 445 g/mol. The first-order valence-corrected chi connectivity index (χ1v) is 9.34. The van der Waals surface area contributed by atoms with Crippen LogP contribution in [0.3, 0.4) is 0 Å². The summed E-state index contributed by atoms with van der Waals surface area (Å²) in [5, 5.41) is 2.50. The van der Waals surface area contributed by atoms with Gasteiger partial charge in [0.1, 0.15) is 5.82 Å². The molecule has 0 atom stereocenters. The summed E-state index contributed by atoms with van der Waals surface area (Å²) in [5.74, 6) is -1.98. The van der Waals surface area contributed by atoms with Crippen LogP contribution in [0, 0.1) is 5.82 Å². The number of rotatable bonds is 4. The molecule has 0 aliphatic carbocycles. The number of alkyl halides is 3. The number of likely N-dealkylation sites (tertiary alicyclic amines) is 1. The molecule has 1 saturated heterocycles. The third kappa shape index (κ3) is 5.64. The van der Waals surface area contributed by atoms with E-state index in [1.54, 1.807) is 18.2 Å². The Kier molecular flexibility index (Phi) is 7.71. The zero-order valence-electron chi connectivity index (χ0n) is 16.7. The van der Waals surface area contributed by atoms with Crippen LogP contribution in [0.2, 0.25) is 0 Å². The van der Waals surface area contributed by atoms with Gasteiger partial charge in [-0.3, -0.25) is 4.79 Å². The number of carbonyl (C=O) groups is 1. The van der Waals surface area contributed by atoms with Crippen molar-refractivity contribution in [2.24, 2.45) is 0 Å². The van der Waals surface area contributed by atoms with E-state index in [1.807, 2.05) is 13.1 Å². The number of anilines is 2. The average Bonchev–Trinajstić information content (AvgIpc) is 2.67. The van der Waals surface area contributed by atoms with E-state index in [0.29, 0.717) is 17.8 Å². The molecule has 1 heterocycles. The molecule has 1 amide bonds. The lowest BCUT2D eigenvalue weighted by Gasteiger charge is -2.36. The molecule has 0 radical (unpaired) electrons. The highest BCUT2D eigenvalue weighted by Gasteiger charge is 2.35. The molecule has 0 unspecified atom stereocenters. The highest BCUT2D eigenvalue weighted by molar-refractivity contribution is 6.05. The second-order valence-corrected chi connectivity index (χ2v) is 7.34. The van der Waals surface area contributed by atoms with Crippen LogP contribution >= 0.6 is 12.4 Å². The smallest absolute Gasteiger partial charge is 0.371 e. The van der Waals surface area contributed by atoms with Gasteiger partial charge >= 0.3 is 6.18 Å². The summed E-state index contributed by atoms with van der Waals surface area (Å²) >= 11 is 0. The standard InChI is InChI=1S/C21H23F4N3O.ClH/c1-27-10-8-16(9-11-27)28(2)17-5-3-4-15(13-17)26-20(29)18-7-6-14(22)12-19(18)21(23,24)25;/h3-7,12-13,16H,8-11H2,1-2H3,(H,26,29);1H. The molecule has 30 heavy (non-hydrogen) atoms. The Hall–Kier alpha value is -2.32. The largest absolute Gasteiger partial charge is 0.417 e. The zero-order chi connectivity index (χ0) is 21.2. The minimum absolute atomic E-state index is 0. The normalized spacial score (nSPS) is 15.4. The van der Waals surface area contributed by atoms with E-state index in [4.69, 9.17) is 0 Å². The number of carbonyl (C=O) groups excluding carboxylic acids is 1. The molecular weight excluding hydrogens is 422 g/mol. The predicted molar refractivity (Wildman–Crippen MR) is 112 cm³/mol. The first kappa shape index (κ1) is 24.0. The molecule has 0 aromatic heterocycles. The fourth-order valence-corrected chi connectivity index (χ4v) is 3.54. The van der Waals surface area contributed by atoms with Crippen LogP contribution in [0.4, 0.5) is 28.9 Å². The van der Waals surface area contributed by atoms with Gasteiger partial charge in [-0.05, 0) is 69.4 Å². The van der Waals surface area contributed by atoms with E-state index >= 15 is 0 Å². The van der Waals surface area contributed by atoms with Gasteiger partial charge in [0.2, 0.25) is 0 Å². The molecule has 3 rings (SSSR count). The fourth-order valence-electron chi connectivity index (χ4n) is 3.54. The quantitative estimate of drug-likeness (QED) is 0.669. The molecule has 2 aromatic rings. The summed E-state index contributed by atoms with van der Waals surface area (Å²) in [6.45, 7) is 1.99. The van der Waals surface area contributed by atoms with Crippen molar-refractivity contribution >= 4 is 29.7 Å². The summed E-state index contributed by atoms with van der Waals surface area (Å²) in [6, 6.07) is 9.35. The van der Waals surface area contributed by atoms with E-state index in [9.17, 15) is 22.4 Å². The Morgan fingerprint density at radius 1 is 1.13 bits per heavy atom. The minimum Gasteiger partial charge on any atom is -0.371 e. The molecule has 4 nitrogen and oxygen atoms in total. The van der Waals surface area contributed by atoms with Crippen LogP contribution in [0.1, 0.15) is 28.8 Å². The summed E-state index contributed by atoms with van der Waals surface area (Å²) in [4.78, 5) is 16.9. The number of hydrogen-bond donors (Lipinski definition) is 1. The summed E-state index contributed by atoms with van der Waals surface area (Å²) < 4.78 is 52.8. The van der Waals surface area contributed by atoms with Crippen LogP contribution < -0.4 is 10.2 Å². The van der Waals surface area contributed by atoms with Gasteiger partial charge < -0.3 is 15.1 Å². The number of halogens is 5. The lowest BCUT2D eigenvalue weighted by Crippen LogP contribution is -2.42. The fraction of sp³-hybridized carbons (Fsp3) is 0.381. The molecule has 1 aliphatic heterocycles.